The third kappa shape index (κ3) is 0.936. The number of rotatable bonds is 0. The number of hydrogen-bond donors (Lipinski definition) is 1. The summed E-state index contributed by atoms with van der Waals surface area (Å²) >= 11 is 0. The summed E-state index contributed by atoms with van der Waals surface area (Å²) in [4.78, 5) is 0. The minimum atomic E-state index is -0.444. The standard InChI is InChI=1S/C5H8N2.ClH/c1-4-2-5(4,7)3-6;/h4H,2,7H2,1H3;1H/t4-,5+;/m0./s1. The van der Waals surface area contributed by atoms with Crippen LogP contribution in [-0.4, -0.2) is 5.54 Å². The number of halogens is 1. The summed E-state index contributed by atoms with van der Waals surface area (Å²) in [5.41, 5.74) is 4.98. The summed E-state index contributed by atoms with van der Waals surface area (Å²) < 4.78 is 0. The van der Waals surface area contributed by atoms with E-state index in [4.69, 9.17) is 11.0 Å². The highest BCUT2D eigenvalue weighted by Gasteiger charge is 2.48. The zero-order valence-electron chi connectivity index (χ0n) is 4.72. The van der Waals surface area contributed by atoms with Gasteiger partial charge in [-0.15, -0.1) is 12.4 Å². The van der Waals surface area contributed by atoms with Gasteiger partial charge in [-0.2, -0.15) is 5.26 Å². The van der Waals surface area contributed by atoms with Crippen LogP contribution in [0.15, 0.2) is 0 Å². The molecular formula is C5H9ClN2. The van der Waals surface area contributed by atoms with Crippen LogP contribution >= 0.6 is 12.4 Å². The Morgan fingerprint density at radius 3 is 2.25 bits per heavy atom. The third-order valence-corrected chi connectivity index (χ3v) is 1.57. The summed E-state index contributed by atoms with van der Waals surface area (Å²) in [6.07, 6.45) is 0.878. The van der Waals surface area contributed by atoms with Crippen LogP contribution in [0.25, 0.3) is 0 Å². The normalized spacial score (nSPS) is 41.9. The molecule has 0 unspecified atom stereocenters. The molecule has 0 heterocycles. The van der Waals surface area contributed by atoms with Crippen LogP contribution in [0.2, 0.25) is 0 Å². The number of nitrogens with two attached hydrogens (primary N) is 1. The smallest absolute Gasteiger partial charge is 0.107 e. The van der Waals surface area contributed by atoms with Gasteiger partial charge in [-0.05, 0) is 12.3 Å². The predicted octanol–water partition coefficient (Wildman–Crippen LogP) is 0.669. The van der Waals surface area contributed by atoms with Gasteiger partial charge in [0.2, 0.25) is 0 Å². The molecule has 0 saturated heterocycles. The average molecular weight is 133 g/mol. The first kappa shape index (κ1) is 7.74. The molecule has 2 atom stereocenters. The predicted molar refractivity (Wildman–Crippen MR) is 33.6 cm³/mol. The second kappa shape index (κ2) is 1.93. The van der Waals surface area contributed by atoms with Gasteiger partial charge >= 0.3 is 0 Å². The highest BCUT2D eigenvalue weighted by molar-refractivity contribution is 5.85. The van der Waals surface area contributed by atoms with Crippen molar-refractivity contribution in [2.75, 3.05) is 0 Å². The molecule has 46 valence electrons. The van der Waals surface area contributed by atoms with Crippen LogP contribution in [0.4, 0.5) is 0 Å². The van der Waals surface area contributed by atoms with E-state index in [0.717, 1.165) is 6.42 Å². The van der Waals surface area contributed by atoms with Gasteiger partial charge < -0.3 is 5.73 Å². The Balaban J connectivity index is 0.000000490. The topological polar surface area (TPSA) is 49.8 Å². The van der Waals surface area contributed by atoms with E-state index in [9.17, 15) is 0 Å². The highest BCUT2D eigenvalue weighted by Crippen LogP contribution is 2.39. The van der Waals surface area contributed by atoms with Crippen LogP contribution in [0.5, 0.6) is 0 Å². The Morgan fingerprint density at radius 2 is 2.25 bits per heavy atom. The first-order valence-electron chi connectivity index (χ1n) is 2.39. The third-order valence-electron chi connectivity index (χ3n) is 1.57. The molecule has 0 radical (unpaired) electrons. The van der Waals surface area contributed by atoms with Gasteiger partial charge in [0.25, 0.3) is 0 Å². The lowest BCUT2D eigenvalue weighted by molar-refractivity contribution is 0.771. The van der Waals surface area contributed by atoms with Gasteiger partial charge in [-0.1, -0.05) is 6.92 Å². The minimum Gasteiger partial charge on any atom is -0.313 e. The Hall–Kier alpha value is -0.260. The van der Waals surface area contributed by atoms with Crippen molar-refractivity contribution in [1.29, 1.82) is 5.26 Å². The molecular weight excluding hydrogens is 124 g/mol. The molecule has 0 spiro atoms. The fourth-order valence-electron chi connectivity index (χ4n) is 0.604. The number of hydrogen-bond acceptors (Lipinski definition) is 2. The van der Waals surface area contributed by atoms with Gasteiger partial charge in [0, 0.05) is 0 Å². The van der Waals surface area contributed by atoms with Gasteiger partial charge in [0.1, 0.15) is 5.54 Å². The van der Waals surface area contributed by atoms with Crippen molar-refractivity contribution in [3.05, 3.63) is 0 Å². The molecule has 1 aliphatic carbocycles. The summed E-state index contributed by atoms with van der Waals surface area (Å²) in [7, 11) is 0. The fourth-order valence-corrected chi connectivity index (χ4v) is 0.604. The average Bonchev–Trinajstić information content (AvgIpc) is 2.18. The Labute approximate surface area is 55.1 Å². The van der Waals surface area contributed by atoms with Crippen LogP contribution in [0, 0.1) is 17.2 Å². The van der Waals surface area contributed by atoms with Crippen molar-refractivity contribution in [3.8, 4) is 6.07 Å². The molecule has 0 aromatic rings. The van der Waals surface area contributed by atoms with Crippen molar-refractivity contribution in [2.45, 2.75) is 18.9 Å². The van der Waals surface area contributed by atoms with Crippen LogP contribution in [0.3, 0.4) is 0 Å². The monoisotopic (exact) mass is 132 g/mol. The molecule has 3 heteroatoms. The van der Waals surface area contributed by atoms with E-state index in [1.54, 1.807) is 0 Å². The van der Waals surface area contributed by atoms with Crippen molar-refractivity contribution < 1.29 is 0 Å². The highest BCUT2D eigenvalue weighted by atomic mass is 35.5. The Kier molecular flexibility index (Phi) is 1.86. The fraction of sp³-hybridized carbons (Fsp3) is 0.800. The first-order chi connectivity index (χ1) is 3.19. The van der Waals surface area contributed by atoms with Gasteiger partial charge in [-0.3, -0.25) is 0 Å². The molecule has 1 saturated carbocycles. The Morgan fingerprint density at radius 1 is 1.88 bits per heavy atom. The molecule has 1 fully saturated rings. The zero-order valence-corrected chi connectivity index (χ0v) is 5.53. The zero-order chi connectivity index (χ0) is 5.49. The molecule has 1 rings (SSSR count). The maximum atomic E-state index is 8.26. The first-order valence-corrected chi connectivity index (χ1v) is 2.39. The summed E-state index contributed by atoms with van der Waals surface area (Å²) in [6.45, 7) is 1.99. The summed E-state index contributed by atoms with van der Waals surface area (Å²) in [6, 6.07) is 2.04. The van der Waals surface area contributed by atoms with Gasteiger partial charge in [-0.25, -0.2) is 0 Å². The van der Waals surface area contributed by atoms with Crippen molar-refractivity contribution >= 4 is 12.4 Å². The van der Waals surface area contributed by atoms with E-state index in [0.29, 0.717) is 5.92 Å². The maximum Gasteiger partial charge on any atom is 0.107 e. The van der Waals surface area contributed by atoms with Crippen LogP contribution in [0.1, 0.15) is 13.3 Å². The molecule has 0 bridgehead atoms. The molecule has 0 aromatic heterocycles. The molecule has 0 aromatic carbocycles. The minimum absolute atomic E-state index is 0. The summed E-state index contributed by atoms with van der Waals surface area (Å²) in [5.74, 6) is 0.428. The van der Waals surface area contributed by atoms with E-state index in [1.165, 1.54) is 0 Å². The molecule has 2 N–H and O–H groups in total. The van der Waals surface area contributed by atoms with Crippen molar-refractivity contribution in [2.24, 2.45) is 11.7 Å². The van der Waals surface area contributed by atoms with Crippen molar-refractivity contribution in [1.82, 2.24) is 0 Å². The second-order valence-corrected chi connectivity index (χ2v) is 2.26. The van der Waals surface area contributed by atoms with E-state index in [2.05, 4.69) is 0 Å². The SMILES string of the molecule is C[C@H]1C[C@@]1(N)C#N.Cl. The number of nitriles is 1. The quantitative estimate of drug-likeness (QED) is 0.527. The van der Waals surface area contributed by atoms with Crippen LogP contribution < -0.4 is 5.73 Å². The maximum absolute atomic E-state index is 8.26. The molecule has 2 nitrogen and oxygen atoms in total. The molecule has 8 heavy (non-hydrogen) atoms. The lowest BCUT2D eigenvalue weighted by Gasteiger charge is -1.89. The molecule has 0 amide bonds. The van der Waals surface area contributed by atoms with Gasteiger partial charge in [0.05, 0.1) is 6.07 Å². The largest absolute Gasteiger partial charge is 0.313 e. The van der Waals surface area contributed by atoms with Crippen molar-refractivity contribution in [3.63, 3.8) is 0 Å². The van der Waals surface area contributed by atoms with Crippen LogP contribution in [-0.2, 0) is 0 Å². The van der Waals surface area contributed by atoms with E-state index in [-0.39, 0.29) is 12.4 Å². The Bertz CT molecular complexity index is 129. The van der Waals surface area contributed by atoms with Gasteiger partial charge in [0.15, 0.2) is 0 Å². The lowest BCUT2D eigenvalue weighted by Crippen LogP contribution is -2.20. The molecule has 1 aliphatic rings. The summed E-state index contributed by atoms with van der Waals surface area (Å²) in [5, 5.41) is 8.26. The second-order valence-electron chi connectivity index (χ2n) is 2.26. The van der Waals surface area contributed by atoms with E-state index in [1.807, 2.05) is 13.0 Å². The van der Waals surface area contributed by atoms with E-state index >= 15 is 0 Å². The molecule has 0 aliphatic heterocycles. The van der Waals surface area contributed by atoms with E-state index < -0.39 is 5.54 Å². The number of nitrogens with zero attached hydrogens (tertiary/aromatic N) is 1. The lowest BCUT2D eigenvalue weighted by atomic mass is 10.3.